The molecule has 1 aliphatic carbocycles. The fourth-order valence-corrected chi connectivity index (χ4v) is 3.83. The Balaban J connectivity index is 2.19. The molecule has 3 N–H and O–H groups in total. The van der Waals surface area contributed by atoms with E-state index >= 15 is 0 Å². The van der Waals surface area contributed by atoms with E-state index in [1.807, 2.05) is 18.7 Å². The second-order valence-electron chi connectivity index (χ2n) is 5.77. The van der Waals surface area contributed by atoms with Gasteiger partial charge in [0.2, 0.25) is 0 Å². The van der Waals surface area contributed by atoms with E-state index in [0.29, 0.717) is 23.0 Å². The zero-order chi connectivity index (χ0) is 14.7. The molecule has 0 bridgehead atoms. The van der Waals surface area contributed by atoms with Crippen LogP contribution in [0.15, 0.2) is 0 Å². The van der Waals surface area contributed by atoms with Crippen LogP contribution in [0.25, 0.3) is 0 Å². The zero-order valence-corrected chi connectivity index (χ0v) is 13.8. The first-order valence-electron chi connectivity index (χ1n) is 7.55. The van der Waals surface area contributed by atoms with Crippen LogP contribution in [0, 0.1) is 6.92 Å². The Morgan fingerprint density at radius 3 is 2.75 bits per heavy atom. The lowest BCUT2D eigenvalue weighted by Gasteiger charge is -2.22. The van der Waals surface area contributed by atoms with Crippen molar-refractivity contribution in [3.05, 3.63) is 11.4 Å². The van der Waals surface area contributed by atoms with Crippen LogP contribution in [0.3, 0.4) is 0 Å². The van der Waals surface area contributed by atoms with E-state index in [4.69, 9.17) is 5.73 Å². The van der Waals surface area contributed by atoms with E-state index in [0.717, 1.165) is 17.2 Å². The van der Waals surface area contributed by atoms with Gasteiger partial charge in [-0.05, 0) is 25.5 Å². The number of nitrogens with two attached hydrogens (primary N) is 1. The Morgan fingerprint density at radius 2 is 2.10 bits per heavy atom. The van der Waals surface area contributed by atoms with E-state index in [1.54, 1.807) is 0 Å². The number of nitrogens with one attached hydrogen (secondary N) is 1. The van der Waals surface area contributed by atoms with Crippen molar-refractivity contribution < 1.29 is 0 Å². The zero-order valence-electron chi connectivity index (χ0n) is 12.9. The molecule has 4 nitrogen and oxygen atoms in total. The minimum absolute atomic E-state index is 0.294. The van der Waals surface area contributed by atoms with Crippen LogP contribution < -0.4 is 11.1 Å². The van der Waals surface area contributed by atoms with E-state index in [2.05, 4.69) is 36.1 Å². The van der Waals surface area contributed by atoms with Gasteiger partial charge in [-0.2, -0.15) is 11.8 Å². The lowest BCUT2D eigenvalue weighted by molar-refractivity contribution is 0.741. The first-order chi connectivity index (χ1) is 9.52. The normalized spacial score (nSPS) is 22.4. The third kappa shape index (κ3) is 3.37. The molecule has 1 fully saturated rings. The highest BCUT2D eigenvalue weighted by molar-refractivity contribution is 7.99. The Labute approximate surface area is 126 Å². The Kier molecular flexibility index (Phi) is 5.13. The van der Waals surface area contributed by atoms with Gasteiger partial charge in [0.25, 0.3) is 0 Å². The van der Waals surface area contributed by atoms with Crippen LogP contribution >= 0.6 is 11.8 Å². The van der Waals surface area contributed by atoms with Crippen molar-refractivity contribution in [2.24, 2.45) is 0 Å². The standard InChI is InChI=1S/C15H26N4S/c1-5-20-12-8-6-7-11(12)17-15-10(4)13(16)18-14(19-15)9(2)3/h9,11-12H,5-8H2,1-4H3,(H3,16,17,18,19). The van der Waals surface area contributed by atoms with Crippen LogP contribution in [0.1, 0.15) is 57.3 Å². The average Bonchev–Trinajstić information content (AvgIpc) is 2.82. The summed E-state index contributed by atoms with van der Waals surface area (Å²) in [5.74, 6) is 3.82. The lowest BCUT2D eigenvalue weighted by atomic mass is 10.2. The SMILES string of the molecule is CCSC1CCCC1Nc1nc(C(C)C)nc(N)c1C. The number of thioether (sulfide) groups is 1. The number of nitrogen functional groups attached to an aromatic ring is 1. The van der Waals surface area contributed by atoms with Gasteiger partial charge in [-0.25, -0.2) is 9.97 Å². The summed E-state index contributed by atoms with van der Waals surface area (Å²) in [5.41, 5.74) is 7.00. The highest BCUT2D eigenvalue weighted by Crippen LogP contribution is 2.33. The Morgan fingerprint density at radius 1 is 1.35 bits per heavy atom. The molecule has 20 heavy (non-hydrogen) atoms. The molecule has 5 heteroatoms. The molecule has 2 unspecified atom stereocenters. The summed E-state index contributed by atoms with van der Waals surface area (Å²) in [7, 11) is 0. The van der Waals surface area contributed by atoms with Gasteiger partial charge in [0, 0.05) is 22.8 Å². The number of nitrogens with zero attached hydrogens (tertiary/aromatic N) is 2. The molecule has 0 aromatic carbocycles. The molecular formula is C15H26N4S. The summed E-state index contributed by atoms with van der Waals surface area (Å²) in [6, 6.07) is 0.507. The summed E-state index contributed by atoms with van der Waals surface area (Å²) >= 11 is 2.05. The average molecular weight is 294 g/mol. The van der Waals surface area contributed by atoms with Gasteiger partial charge in [-0.3, -0.25) is 0 Å². The van der Waals surface area contributed by atoms with Crippen LogP contribution in [-0.4, -0.2) is 27.0 Å². The van der Waals surface area contributed by atoms with Crippen molar-refractivity contribution in [1.82, 2.24) is 9.97 Å². The molecule has 1 aliphatic rings. The van der Waals surface area contributed by atoms with Crippen molar-refractivity contribution in [2.45, 2.75) is 64.2 Å². The van der Waals surface area contributed by atoms with Gasteiger partial charge in [-0.1, -0.05) is 27.2 Å². The third-order valence-electron chi connectivity index (χ3n) is 3.87. The first-order valence-corrected chi connectivity index (χ1v) is 8.60. The minimum Gasteiger partial charge on any atom is -0.383 e. The second-order valence-corrected chi connectivity index (χ2v) is 7.29. The van der Waals surface area contributed by atoms with Gasteiger partial charge in [-0.15, -0.1) is 0 Å². The van der Waals surface area contributed by atoms with E-state index in [9.17, 15) is 0 Å². The number of hydrogen-bond donors (Lipinski definition) is 2. The van der Waals surface area contributed by atoms with Crippen molar-refractivity contribution >= 4 is 23.4 Å². The molecular weight excluding hydrogens is 268 g/mol. The fraction of sp³-hybridized carbons (Fsp3) is 0.733. The van der Waals surface area contributed by atoms with Crippen molar-refractivity contribution in [2.75, 3.05) is 16.8 Å². The van der Waals surface area contributed by atoms with E-state index in [1.165, 1.54) is 25.0 Å². The highest BCUT2D eigenvalue weighted by atomic mass is 32.2. The van der Waals surface area contributed by atoms with Crippen LogP contribution in [0.2, 0.25) is 0 Å². The largest absolute Gasteiger partial charge is 0.383 e. The van der Waals surface area contributed by atoms with Crippen molar-refractivity contribution in [3.8, 4) is 0 Å². The molecule has 2 rings (SSSR count). The van der Waals surface area contributed by atoms with Gasteiger partial charge in [0.05, 0.1) is 0 Å². The molecule has 0 saturated heterocycles. The fourth-order valence-electron chi connectivity index (χ4n) is 2.63. The van der Waals surface area contributed by atoms with Gasteiger partial charge < -0.3 is 11.1 Å². The molecule has 0 amide bonds. The molecule has 2 atom stereocenters. The number of hydrogen-bond acceptors (Lipinski definition) is 5. The maximum absolute atomic E-state index is 6.03. The maximum Gasteiger partial charge on any atom is 0.135 e. The summed E-state index contributed by atoms with van der Waals surface area (Å²) in [4.78, 5) is 9.06. The van der Waals surface area contributed by atoms with Gasteiger partial charge in [0.15, 0.2) is 0 Å². The lowest BCUT2D eigenvalue weighted by Crippen LogP contribution is -2.27. The molecule has 0 spiro atoms. The predicted molar refractivity (Wildman–Crippen MR) is 88.5 cm³/mol. The molecule has 0 aliphatic heterocycles. The number of anilines is 2. The summed E-state index contributed by atoms with van der Waals surface area (Å²) in [6.45, 7) is 8.42. The van der Waals surface area contributed by atoms with E-state index in [-0.39, 0.29) is 0 Å². The molecule has 1 aromatic rings. The summed E-state index contributed by atoms with van der Waals surface area (Å²) in [6.07, 6.45) is 3.82. The second kappa shape index (κ2) is 6.66. The monoisotopic (exact) mass is 294 g/mol. The molecule has 1 heterocycles. The third-order valence-corrected chi connectivity index (χ3v) is 5.20. The molecule has 1 saturated carbocycles. The van der Waals surface area contributed by atoms with Crippen LogP contribution in [0.4, 0.5) is 11.6 Å². The molecule has 1 aromatic heterocycles. The van der Waals surface area contributed by atoms with Crippen molar-refractivity contribution in [1.29, 1.82) is 0 Å². The smallest absolute Gasteiger partial charge is 0.135 e. The summed E-state index contributed by atoms with van der Waals surface area (Å²) in [5, 5.41) is 4.32. The minimum atomic E-state index is 0.294. The molecule has 112 valence electrons. The van der Waals surface area contributed by atoms with Gasteiger partial charge in [0.1, 0.15) is 17.5 Å². The maximum atomic E-state index is 6.03. The Hall–Kier alpha value is -0.970. The first kappa shape index (κ1) is 15.4. The molecule has 0 radical (unpaired) electrons. The number of rotatable bonds is 5. The number of aromatic nitrogens is 2. The van der Waals surface area contributed by atoms with Crippen LogP contribution in [0.5, 0.6) is 0 Å². The van der Waals surface area contributed by atoms with E-state index < -0.39 is 0 Å². The summed E-state index contributed by atoms with van der Waals surface area (Å²) < 4.78 is 0. The van der Waals surface area contributed by atoms with Gasteiger partial charge >= 0.3 is 0 Å². The van der Waals surface area contributed by atoms with Crippen LogP contribution in [-0.2, 0) is 0 Å². The van der Waals surface area contributed by atoms with Crippen molar-refractivity contribution in [3.63, 3.8) is 0 Å². The topological polar surface area (TPSA) is 63.8 Å². The quantitative estimate of drug-likeness (QED) is 0.869. The Bertz CT molecular complexity index is 461. The highest BCUT2D eigenvalue weighted by Gasteiger charge is 2.28. The predicted octanol–water partition coefficient (Wildman–Crippen LogP) is 3.58.